The van der Waals surface area contributed by atoms with Crippen molar-refractivity contribution in [1.82, 2.24) is 10.6 Å². The Hall–Kier alpha value is -1.75. The minimum Gasteiger partial charge on any atom is -0.494 e. The number of hydrogen-bond donors (Lipinski definition) is 3. The zero-order valence-electron chi connectivity index (χ0n) is 14.2. The molecule has 5 nitrogen and oxygen atoms in total. The van der Waals surface area contributed by atoms with Crippen LogP contribution in [0.1, 0.15) is 38.8 Å². The molecule has 0 heterocycles. The second kappa shape index (κ2) is 8.03. The van der Waals surface area contributed by atoms with Crippen LogP contribution in [-0.4, -0.2) is 30.4 Å². The van der Waals surface area contributed by atoms with Crippen LogP contribution in [0.2, 0.25) is 0 Å². The molecule has 0 saturated carbocycles. The number of rotatable bonds is 6. The summed E-state index contributed by atoms with van der Waals surface area (Å²) in [6.45, 7) is 11.0. The molecule has 0 aliphatic carbocycles. The fourth-order valence-corrected chi connectivity index (χ4v) is 1.88. The molecule has 0 aliphatic heterocycles. The molecule has 0 fully saturated rings. The Kier molecular flexibility index (Phi) is 6.68. The minimum atomic E-state index is -0.578. The van der Waals surface area contributed by atoms with E-state index in [1.165, 1.54) is 0 Å². The molecule has 0 saturated heterocycles. The van der Waals surface area contributed by atoms with Gasteiger partial charge in [-0.05, 0) is 36.5 Å². The lowest BCUT2D eigenvalue weighted by atomic mass is 9.89. The number of carbonyl (C=O) groups excluding carboxylic acids is 1. The third kappa shape index (κ3) is 5.93. The number of aryl methyl sites for hydroxylation is 1. The van der Waals surface area contributed by atoms with Crippen molar-refractivity contribution in [2.45, 2.75) is 47.3 Å². The fourth-order valence-electron chi connectivity index (χ4n) is 1.88. The molecule has 1 aromatic rings. The van der Waals surface area contributed by atoms with Gasteiger partial charge in [-0.3, -0.25) is 0 Å². The highest BCUT2D eigenvalue weighted by Crippen LogP contribution is 2.19. The van der Waals surface area contributed by atoms with Crippen LogP contribution in [0.4, 0.5) is 4.79 Å². The Labute approximate surface area is 133 Å². The summed E-state index contributed by atoms with van der Waals surface area (Å²) in [5.74, 6) is 0.865. The van der Waals surface area contributed by atoms with Crippen molar-refractivity contribution in [3.05, 3.63) is 29.3 Å². The molecule has 1 rings (SSSR count). The molecule has 0 aliphatic rings. The summed E-state index contributed by atoms with van der Waals surface area (Å²) in [6.07, 6.45) is -0.578. The quantitative estimate of drug-likeness (QED) is 0.756. The van der Waals surface area contributed by atoms with E-state index in [1.54, 1.807) is 0 Å². The zero-order valence-corrected chi connectivity index (χ0v) is 14.2. The van der Waals surface area contributed by atoms with E-state index in [2.05, 4.69) is 10.6 Å². The Morgan fingerprint density at radius 2 is 2.00 bits per heavy atom. The smallest absolute Gasteiger partial charge is 0.315 e. The van der Waals surface area contributed by atoms with Crippen LogP contribution in [-0.2, 0) is 6.54 Å². The normalized spacial score (nSPS) is 12.6. The van der Waals surface area contributed by atoms with Gasteiger partial charge in [-0.2, -0.15) is 0 Å². The monoisotopic (exact) mass is 308 g/mol. The first kappa shape index (κ1) is 18.3. The van der Waals surface area contributed by atoms with E-state index in [4.69, 9.17) is 4.74 Å². The first-order valence-electron chi connectivity index (χ1n) is 7.66. The molecule has 1 atom stereocenters. The topological polar surface area (TPSA) is 70.6 Å². The largest absolute Gasteiger partial charge is 0.494 e. The number of benzene rings is 1. The van der Waals surface area contributed by atoms with Crippen LogP contribution in [0, 0.1) is 12.3 Å². The van der Waals surface area contributed by atoms with Gasteiger partial charge in [0.15, 0.2) is 0 Å². The van der Waals surface area contributed by atoms with E-state index in [0.717, 1.165) is 16.9 Å². The van der Waals surface area contributed by atoms with Crippen LogP contribution in [0.15, 0.2) is 18.2 Å². The highest BCUT2D eigenvalue weighted by molar-refractivity contribution is 5.73. The summed E-state index contributed by atoms with van der Waals surface area (Å²) >= 11 is 0. The van der Waals surface area contributed by atoms with E-state index >= 15 is 0 Å². The van der Waals surface area contributed by atoms with Gasteiger partial charge in [0, 0.05) is 13.1 Å². The number of aliphatic hydroxyl groups is 1. The third-order valence-electron chi connectivity index (χ3n) is 3.45. The molecular weight excluding hydrogens is 280 g/mol. The number of urea groups is 1. The van der Waals surface area contributed by atoms with E-state index in [0.29, 0.717) is 13.2 Å². The van der Waals surface area contributed by atoms with Crippen LogP contribution in [0.5, 0.6) is 5.75 Å². The average Bonchev–Trinajstić information content (AvgIpc) is 2.44. The summed E-state index contributed by atoms with van der Waals surface area (Å²) in [5.41, 5.74) is 1.80. The Balaban J connectivity index is 2.43. The molecule has 22 heavy (non-hydrogen) atoms. The molecule has 3 N–H and O–H groups in total. The van der Waals surface area contributed by atoms with Gasteiger partial charge in [0.2, 0.25) is 0 Å². The van der Waals surface area contributed by atoms with Gasteiger partial charge < -0.3 is 20.5 Å². The maximum atomic E-state index is 11.7. The number of aliphatic hydroxyl groups excluding tert-OH is 1. The highest BCUT2D eigenvalue weighted by Gasteiger charge is 2.22. The van der Waals surface area contributed by atoms with Gasteiger partial charge in [-0.1, -0.05) is 32.9 Å². The molecule has 5 heteroatoms. The molecule has 124 valence electrons. The highest BCUT2D eigenvalue weighted by atomic mass is 16.5. The van der Waals surface area contributed by atoms with Gasteiger partial charge >= 0.3 is 6.03 Å². The van der Waals surface area contributed by atoms with Gasteiger partial charge in [-0.15, -0.1) is 0 Å². The van der Waals surface area contributed by atoms with E-state index in [-0.39, 0.29) is 18.0 Å². The second-order valence-corrected chi connectivity index (χ2v) is 6.48. The standard InChI is InChI=1S/C17H28N2O3/c1-6-22-14-8-7-13(9-12(14)2)10-18-16(21)19-11-15(20)17(3,4)5/h7-9,15,20H,6,10-11H2,1-5H3,(H2,18,19,21). The lowest BCUT2D eigenvalue weighted by Gasteiger charge is -2.25. The predicted octanol–water partition coefficient (Wildman–Crippen LogP) is 2.60. The predicted molar refractivity (Wildman–Crippen MR) is 88.0 cm³/mol. The maximum absolute atomic E-state index is 11.7. The molecule has 0 radical (unpaired) electrons. The molecule has 0 spiro atoms. The van der Waals surface area contributed by atoms with E-state index in [9.17, 15) is 9.90 Å². The zero-order chi connectivity index (χ0) is 16.8. The average molecular weight is 308 g/mol. The first-order valence-corrected chi connectivity index (χ1v) is 7.66. The molecule has 0 bridgehead atoms. The van der Waals surface area contributed by atoms with Gasteiger partial charge in [-0.25, -0.2) is 4.79 Å². The SMILES string of the molecule is CCOc1ccc(CNC(=O)NCC(O)C(C)(C)C)cc1C. The van der Waals surface area contributed by atoms with Crippen molar-refractivity contribution >= 4 is 6.03 Å². The molecule has 1 unspecified atom stereocenters. The molecule has 1 aromatic carbocycles. The molecular formula is C17H28N2O3. The van der Waals surface area contributed by atoms with E-state index in [1.807, 2.05) is 52.8 Å². The third-order valence-corrected chi connectivity index (χ3v) is 3.45. The van der Waals surface area contributed by atoms with Crippen molar-refractivity contribution in [1.29, 1.82) is 0 Å². The van der Waals surface area contributed by atoms with Crippen molar-refractivity contribution in [3.63, 3.8) is 0 Å². The summed E-state index contributed by atoms with van der Waals surface area (Å²) in [7, 11) is 0. The molecule has 0 aromatic heterocycles. The van der Waals surface area contributed by atoms with Crippen LogP contribution < -0.4 is 15.4 Å². The Morgan fingerprint density at radius 1 is 1.32 bits per heavy atom. The van der Waals surface area contributed by atoms with Gasteiger partial charge in [0.05, 0.1) is 12.7 Å². The summed E-state index contributed by atoms with van der Waals surface area (Å²) in [6, 6.07) is 5.56. The number of amides is 2. The number of hydrogen-bond acceptors (Lipinski definition) is 3. The summed E-state index contributed by atoms with van der Waals surface area (Å²) in [4.78, 5) is 11.7. The number of carbonyl (C=O) groups is 1. The van der Waals surface area contributed by atoms with Crippen LogP contribution in [0.3, 0.4) is 0 Å². The summed E-state index contributed by atoms with van der Waals surface area (Å²) in [5, 5.41) is 15.3. The van der Waals surface area contributed by atoms with Crippen molar-refractivity contribution in [2.75, 3.05) is 13.2 Å². The Bertz CT molecular complexity index is 495. The van der Waals surface area contributed by atoms with E-state index < -0.39 is 6.10 Å². The first-order chi connectivity index (χ1) is 10.2. The molecule has 2 amide bonds. The number of ether oxygens (including phenoxy) is 1. The number of nitrogens with one attached hydrogen (secondary N) is 2. The van der Waals surface area contributed by atoms with Crippen molar-refractivity contribution in [3.8, 4) is 5.75 Å². The van der Waals surface area contributed by atoms with Crippen molar-refractivity contribution in [2.24, 2.45) is 5.41 Å². The Morgan fingerprint density at radius 3 is 2.55 bits per heavy atom. The van der Waals surface area contributed by atoms with Crippen molar-refractivity contribution < 1.29 is 14.6 Å². The lowest BCUT2D eigenvalue weighted by Crippen LogP contribution is -2.43. The van der Waals surface area contributed by atoms with Gasteiger partial charge in [0.25, 0.3) is 0 Å². The summed E-state index contributed by atoms with van der Waals surface area (Å²) < 4.78 is 5.49. The van der Waals surface area contributed by atoms with Crippen LogP contribution in [0.25, 0.3) is 0 Å². The van der Waals surface area contributed by atoms with Crippen LogP contribution >= 0.6 is 0 Å². The lowest BCUT2D eigenvalue weighted by molar-refractivity contribution is 0.0650. The fraction of sp³-hybridized carbons (Fsp3) is 0.588. The minimum absolute atomic E-state index is 0.234. The maximum Gasteiger partial charge on any atom is 0.315 e. The van der Waals surface area contributed by atoms with Gasteiger partial charge in [0.1, 0.15) is 5.75 Å². The second-order valence-electron chi connectivity index (χ2n) is 6.48.